The molecule has 0 unspecified atom stereocenters. The number of hydrogen-bond donors (Lipinski definition) is 0. The minimum atomic E-state index is 0.0613. The molecule has 112 valence electrons. The molecule has 0 aliphatic carbocycles. The largest absolute Gasteiger partial charge is 0.385 e. The van der Waals surface area contributed by atoms with Gasteiger partial charge in [-0.05, 0) is 47.5 Å². The minimum absolute atomic E-state index is 0.0613. The number of carbonyl (C=O) groups is 1. The monoisotopic (exact) mass is 343 g/mol. The molecule has 0 spiro atoms. The fourth-order valence-electron chi connectivity index (χ4n) is 1.96. The maximum absolute atomic E-state index is 11.5. The summed E-state index contributed by atoms with van der Waals surface area (Å²) in [7, 11) is 3.40. The number of halogens is 1. The second kappa shape index (κ2) is 9.10. The fourth-order valence-corrected chi connectivity index (χ4v) is 2.60. The number of hydrogen-bond acceptors (Lipinski definition) is 4. The van der Waals surface area contributed by atoms with E-state index in [4.69, 9.17) is 9.47 Å². The molecule has 0 radical (unpaired) electrons. The summed E-state index contributed by atoms with van der Waals surface area (Å²) in [5, 5.41) is 0. The zero-order valence-electron chi connectivity index (χ0n) is 12.3. The number of Topliss-reactive ketones (excluding diaryl/α,β-unsaturated/α-hetero) is 1. The highest BCUT2D eigenvalue weighted by atomic mass is 79.9. The Bertz CT molecular complexity index is 437. The Kier molecular flexibility index (Phi) is 7.80. The lowest BCUT2D eigenvalue weighted by Gasteiger charge is -2.25. The minimum Gasteiger partial charge on any atom is -0.385 e. The van der Waals surface area contributed by atoms with Crippen molar-refractivity contribution in [2.45, 2.75) is 13.3 Å². The first-order valence-electron chi connectivity index (χ1n) is 6.63. The van der Waals surface area contributed by atoms with Gasteiger partial charge in [0.25, 0.3) is 0 Å². The third kappa shape index (κ3) is 5.23. The summed E-state index contributed by atoms with van der Waals surface area (Å²) < 4.78 is 11.1. The molecule has 0 bridgehead atoms. The maximum Gasteiger partial charge on any atom is 0.160 e. The molecule has 0 atom stereocenters. The van der Waals surface area contributed by atoms with Crippen LogP contribution < -0.4 is 4.90 Å². The van der Waals surface area contributed by atoms with Crippen molar-refractivity contribution in [3.8, 4) is 0 Å². The molecule has 0 saturated carbocycles. The number of ether oxygens (including phenoxy) is 2. The molecule has 20 heavy (non-hydrogen) atoms. The van der Waals surface area contributed by atoms with Gasteiger partial charge in [0, 0.05) is 49.6 Å². The highest BCUT2D eigenvalue weighted by Crippen LogP contribution is 2.24. The van der Waals surface area contributed by atoms with Crippen LogP contribution in [-0.2, 0) is 9.47 Å². The molecule has 1 aromatic carbocycles. The fraction of sp³-hybridized carbons (Fsp3) is 0.533. The molecule has 0 aromatic heterocycles. The second-order valence-corrected chi connectivity index (χ2v) is 5.40. The van der Waals surface area contributed by atoms with Gasteiger partial charge >= 0.3 is 0 Å². The second-order valence-electron chi connectivity index (χ2n) is 4.55. The van der Waals surface area contributed by atoms with Gasteiger partial charge in [-0.1, -0.05) is 0 Å². The summed E-state index contributed by atoms with van der Waals surface area (Å²) in [6, 6.07) is 5.82. The van der Waals surface area contributed by atoms with E-state index in [0.29, 0.717) is 12.2 Å². The Morgan fingerprint density at radius 1 is 1.20 bits per heavy atom. The summed E-state index contributed by atoms with van der Waals surface area (Å²) in [5.41, 5.74) is 1.78. The van der Waals surface area contributed by atoms with Crippen molar-refractivity contribution in [1.82, 2.24) is 0 Å². The van der Waals surface area contributed by atoms with Crippen molar-refractivity contribution in [1.29, 1.82) is 0 Å². The Labute approximate surface area is 129 Å². The quantitative estimate of drug-likeness (QED) is 0.510. The standard InChI is InChI=1S/C15H22BrNO3/c1-12(18)14-6-5-13(11-15(14)16)17(8-10-20-3)7-4-9-19-2/h5-6,11H,4,7-10H2,1-3H3. The van der Waals surface area contributed by atoms with Crippen LogP contribution in [0.5, 0.6) is 0 Å². The molecule has 0 amide bonds. The van der Waals surface area contributed by atoms with E-state index in [2.05, 4.69) is 20.8 Å². The molecule has 0 aliphatic rings. The van der Waals surface area contributed by atoms with Gasteiger partial charge in [-0.3, -0.25) is 4.79 Å². The molecule has 1 aromatic rings. The van der Waals surface area contributed by atoms with Crippen LogP contribution in [0.1, 0.15) is 23.7 Å². The van der Waals surface area contributed by atoms with Crippen LogP contribution >= 0.6 is 15.9 Å². The first kappa shape index (κ1) is 17.1. The molecule has 0 aliphatic heterocycles. The van der Waals surface area contributed by atoms with E-state index in [1.54, 1.807) is 21.1 Å². The van der Waals surface area contributed by atoms with Crippen molar-refractivity contribution < 1.29 is 14.3 Å². The highest BCUT2D eigenvalue weighted by molar-refractivity contribution is 9.10. The van der Waals surface area contributed by atoms with Crippen LogP contribution in [0.4, 0.5) is 5.69 Å². The number of benzene rings is 1. The maximum atomic E-state index is 11.5. The number of anilines is 1. The van der Waals surface area contributed by atoms with Gasteiger partial charge < -0.3 is 14.4 Å². The Morgan fingerprint density at radius 2 is 1.90 bits per heavy atom. The van der Waals surface area contributed by atoms with Crippen LogP contribution in [0.25, 0.3) is 0 Å². The van der Waals surface area contributed by atoms with Gasteiger partial charge in [-0.2, -0.15) is 0 Å². The van der Waals surface area contributed by atoms with Crippen LogP contribution in [0.3, 0.4) is 0 Å². The van der Waals surface area contributed by atoms with E-state index in [1.807, 2.05) is 18.2 Å². The molecule has 0 N–H and O–H groups in total. The van der Waals surface area contributed by atoms with E-state index in [9.17, 15) is 4.79 Å². The van der Waals surface area contributed by atoms with Crippen LogP contribution in [0.15, 0.2) is 22.7 Å². The number of nitrogens with zero attached hydrogens (tertiary/aromatic N) is 1. The lowest BCUT2D eigenvalue weighted by molar-refractivity contribution is 0.101. The van der Waals surface area contributed by atoms with Crippen molar-refractivity contribution in [3.05, 3.63) is 28.2 Å². The van der Waals surface area contributed by atoms with Gasteiger partial charge in [0.15, 0.2) is 5.78 Å². The molecular formula is C15H22BrNO3. The van der Waals surface area contributed by atoms with Crippen LogP contribution in [0.2, 0.25) is 0 Å². The summed E-state index contributed by atoms with van der Waals surface area (Å²) in [4.78, 5) is 13.7. The lowest BCUT2D eigenvalue weighted by atomic mass is 10.1. The van der Waals surface area contributed by atoms with Crippen molar-refractivity contribution in [2.24, 2.45) is 0 Å². The molecule has 1 rings (SSSR count). The number of ketones is 1. The smallest absolute Gasteiger partial charge is 0.160 e. The van der Waals surface area contributed by atoms with E-state index < -0.39 is 0 Å². The predicted molar refractivity (Wildman–Crippen MR) is 84.7 cm³/mol. The summed E-state index contributed by atoms with van der Waals surface area (Å²) >= 11 is 3.46. The van der Waals surface area contributed by atoms with E-state index in [-0.39, 0.29) is 5.78 Å². The normalized spacial score (nSPS) is 10.6. The molecular weight excluding hydrogens is 322 g/mol. The zero-order chi connectivity index (χ0) is 15.0. The van der Waals surface area contributed by atoms with Crippen molar-refractivity contribution >= 4 is 27.4 Å². The number of rotatable bonds is 9. The highest BCUT2D eigenvalue weighted by Gasteiger charge is 2.10. The van der Waals surface area contributed by atoms with Gasteiger partial charge in [0.1, 0.15) is 0 Å². The van der Waals surface area contributed by atoms with Gasteiger partial charge in [-0.15, -0.1) is 0 Å². The third-order valence-corrected chi connectivity index (χ3v) is 3.70. The Morgan fingerprint density at radius 3 is 2.45 bits per heavy atom. The number of methoxy groups -OCH3 is 2. The summed E-state index contributed by atoms with van der Waals surface area (Å²) in [6.45, 7) is 4.67. The molecule has 0 saturated heterocycles. The molecule has 0 heterocycles. The van der Waals surface area contributed by atoms with E-state index in [0.717, 1.165) is 36.3 Å². The topological polar surface area (TPSA) is 38.8 Å². The SMILES string of the molecule is COCCCN(CCOC)c1ccc(C(C)=O)c(Br)c1. The Balaban J connectivity index is 2.83. The van der Waals surface area contributed by atoms with Crippen LogP contribution in [-0.4, -0.2) is 46.3 Å². The predicted octanol–water partition coefficient (Wildman–Crippen LogP) is 3.14. The van der Waals surface area contributed by atoms with Crippen molar-refractivity contribution in [3.63, 3.8) is 0 Å². The summed E-state index contributed by atoms with van der Waals surface area (Å²) in [5.74, 6) is 0.0613. The third-order valence-electron chi connectivity index (χ3n) is 3.04. The van der Waals surface area contributed by atoms with Gasteiger partial charge in [0.2, 0.25) is 0 Å². The van der Waals surface area contributed by atoms with Crippen molar-refractivity contribution in [2.75, 3.05) is 45.4 Å². The average molecular weight is 344 g/mol. The molecule has 4 nitrogen and oxygen atoms in total. The zero-order valence-corrected chi connectivity index (χ0v) is 13.9. The first-order chi connectivity index (χ1) is 9.60. The number of carbonyl (C=O) groups excluding carboxylic acids is 1. The van der Waals surface area contributed by atoms with Gasteiger partial charge in [0.05, 0.1) is 6.61 Å². The van der Waals surface area contributed by atoms with Crippen LogP contribution in [0, 0.1) is 0 Å². The van der Waals surface area contributed by atoms with E-state index >= 15 is 0 Å². The molecule has 0 fully saturated rings. The first-order valence-corrected chi connectivity index (χ1v) is 7.42. The van der Waals surface area contributed by atoms with Gasteiger partial charge in [-0.25, -0.2) is 0 Å². The molecule has 5 heteroatoms. The average Bonchev–Trinajstić information content (AvgIpc) is 2.42. The van der Waals surface area contributed by atoms with E-state index in [1.165, 1.54) is 0 Å². The Hall–Kier alpha value is -0.910. The lowest BCUT2D eigenvalue weighted by Crippen LogP contribution is -2.29. The summed E-state index contributed by atoms with van der Waals surface area (Å²) in [6.07, 6.45) is 0.951.